The molecule has 0 aromatic carbocycles. The van der Waals surface area contributed by atoms with Crippen molar-refractivity contribution in [2.45, 2.75) is 248 Å². The van der Waals surface area contributed by atoms with Crippen molar-refractivity contribution in [1.29, 1.82) is 0 Å². The SMILES string of the molecule is C/C=C(\C)C(=O)O[C@H]1[C@H](O)[C@@]2(COC(C)=O)[C@H](CC1(C)C)C1=CC[C@@H]3[C@@]4(C)CC[C@H](O[C@H]5O[C@@H](C(=O)O)[C@@H](O)[C@@H](O[C@@H]6OC[C@H](O)[C@H](O)[C@H]6O[C@@H]6O[C@@H](CO)[C@@H](O)[C@H](O)[C@H]6O)[C@@H]5O[C@@H]5O[C@H](CO)[C@H](O)[C@@H](O)[C@H]5O)[C@@](C)(C=O)[C@@H]4CC[C@@]3(C)[C@]1(C)C[C@@H]2O. The molecule has 28 nitrogen and oxygen atoms in total. The first-order valence-corrected chi connectivity index (χ1v) is 30.4. The summed E-state index contributed by atoms with van der Waals surface area (Å²) in [5.41, 5.74) is -4.52. The molecule has 500 valence electrons. The number of aliphatic hydroxyl groups is 13. The number of aliphatic hydroxyl groups excluding tert-OH is 13. The van der Waals surface area contributed by atoms with Crippen molar-refractivity contribution in [3.8, 4) is 0 Å². The van der Waals surface area contributed by atoms with E-state index in [1.54, 1.807) is 26.8 Å². The minimum absolute atomic E-state index is 0.0926. The number of carbonyl (C=O) groups excluding carboxylic acids is 3. The zero-order valence-corrected chi connectivity index (χ0v) is 51.0. The fourth-order valence-corrected chi connectivity index (χ4v) is 17.2. The molecule has 9 rings (SSSR count). The topological polar surface area (TPSA) is 444 Å². The Balaban J connectivity index is 1.05. The molecule has 28 heteroatoms. The van der Waals surface area contributed by atoms with Crippen LogP contribution in [0.4, 0.5) is 0 Å². The Labute approximate surface area is 509 Å². The number of ether oxygens (including phenoxy) is 10. The van der Waals surface area contributed by atoms with E-state index in [9.17, 15) is 90.7 Å². The van der Waals surface area contributed by atoms with E-state index in [-0.39, 0.29) is 25.4 Å². The normalized spacial score (nSPS) is 51.1. The number of hydrogen-bond acceptors (Lipinski definition) is 27. The fraction of sp³-hybridized carbons (Fsp3) is 0.867. The third-order valence-electron chi connectivity index (χ3n) is 22.6. The number of fused-ring (bicyclic) bond motifs is 7. The van der Waals surface area contributed by atoms with Gasteiger partial charge in [0.2, 0.25) is 0 Å². The molecule has 4 heterocycles. The van der Waals surface area contributed by atoms with Gasteiger partial charge in [-0.2, -0.15) is 0 Å². The Bertz CT molecular complexity index is 2600. The van der Waals surface area contributed by atoms with E-state index in [0.29, 0.717) is 37.7 Å². The van der Waals surface area contributed by atoms with Gasteiger partial charge in [-0.25, -0.2) is 9.59 Å². The van der Waals surface area contributed by atoms with E-state index in [2.05, 4.69) is 26.8 Å². The maximum Gasteiger partial charge on any atom is 0.335 e. The Hall–Kier alpha value is -3.28. The Morgan fingerprint density at radius 2 is 1.26 bits per heavy atom. The van der Waals surface area contributed by atoms with E-state index < -0.39 is 223 Å². The lowest BCUT2D eigenvalue weighted by Gasteiger charge is -2.72. The molecular weight excluding hydrogens is 1170 g/mol. The Morgan fingerprint density at radius 1 is 0.670 bits per heavy atom. The second-order valence-electron chi connectivity index (χ2n) is 27.8. The Morgan fingerprint density at radius 3 is 1.82 bits per heavy atom. The van der Waals surface area contributed by atoms with Crippen LogP contribution in [0.5, 0.6) is 0 Å². The van der Waals surface area contributed by atoms with Crippen LogP contribution in [-0.2, 0) is 66.5 Å². The lowest BCUT2D eigenvalue weighted by atomic mass is 9.33. The van der Waals surface area contributed by atoms with Crippen LogP contribution in [0.2, 0.25) is 0 Å². The lowest BCUT2D eigenvalue weighted by Crippen LogP contribution is -2.72. The zero-order valence-electron chi connectivity index (χ0n) is 51.0. The Kier molecular flexibility index (Phi) is 20.1. The second kappa shape index (κ2) is 25.6. The number of carboxylic acid groups (broad SMARTS) is 1. The standard InChI is InChI=1S/C60H92O28/c1-10-24(2)50(78)88-48-47(75)60(23-80-25(3)64)27(17-55(48,4)5)26-11-12-32-56(6)15-14-34(57(7,22-63)31(56)13-16-58(32,8)59(26,9)18-33(60)66)83-54-46(87-52-41(73)39(71)37(69)30(20-62)82-52)43(42(74)44(85-54)49(76)77)84-53-45(35(67)28(65)21-79-53)86-51-40(72)38(70)36(68)29(19-61)81-51/h10-11,22,27-48,51-54,61-62,65-75H,12-21,23H2,1-9H3,(H,76,77)/b24-10+/t27-,28+,29+,30-,31-,32-,33+,34+,35+,36-,37+,38+,39-,40-,41-,42+,43-,44-,45-,46+,47+,48+,51+,52+,53+,54+,56+,57+,58-,59-,60+/m1/s1. The summed E-state index contributed by atoms with van der Waals surface area (Å²) in [5, 5.41) is 155. The van der Waals surface area contributed by atoms with E-state index in [1.165, 1.54) is 6.92 Å². The van der Waals surface area contributed by atoms with Crippen LogP contribution < -0.4 is 0 Å². The molecule has 0 unspecified atom stereocenters. The zero-order chi connectivity index (χ0) is 64.9. The van der Waals surface area contributed by atoms with Crippen molar-refractivity contribution in [3.63, 3.8) is 0 Å². The summed E-state index contributed by atoms with van der Waals surface area (Å²) in [6, 6.07) is 0. The summed E-state index contributed by atoms with van der Waals surface area (Å²) in [6.45, 7) is 13.6. The van der Waals surface area contributed by atoms with Gasteiger partial charge in [-0.15, -0.1) is 0 Å². The summed E-state index contributed by atoms with van der Waals surface area (Å²) in [4.78, 5) is 53.4. The van der Waals surface area contributed by atoms with Gasteiger partial charge in [0, 0.05) is 17.9 Å². The highest BCUT2D eigenvalue weighted by molar-refractivity contribution is 5.87. The van der Waals surface area contributed by atoms with Crippen LogP contribution in [0, 0.1) is 50.2 Å². The van der Waals surface area contributed by atoms with Crippen LogP contribution in [0.1, 0.15) is 107 Å². The first kappa shape index (κ1) is 69.1. The summed E-state index contributed by atoms with van der Waals surface area (Å²) < 4.78 is 60.1. The molecule has 88 heavy (non-hydrogen) atoms. The van der Waals surface area contributed by atoms with E-state index in [4.69, 9.17) is 47.4 Å². The minimum Gasteiger partial charge on any atom is -0.479 e. The van der Waals surface area contributed by atoms with Gasteiger partial charge < -0.3 is 124 Å². The summed E-state index contributed by atoms with van der Waals surface area (Å²) in [5.74, 6) is -4.25. The van der Waals surface area contributed by atoms with Gasteiger partial charge >= 0.3 is 17.9 Å². The highest BCUT2D eigenvalue weighted by atomic mass is 16.8. The van der Waals surface area contributed by atoms with Crippen LogP contribution in [0.15, 0.2) is 23.3 Å². The van der Waals surface area contributed by atoms with E-state index >= 15 is 0 Å². The molecule has 0 spiro atoms. The molecule has 0 bridgehead atoms. The van der Waals surface area contributed by atoms with Gasteiger partial charge in [0.05, 0.1) is 42.9 Å². The predicted octanol–water partition coefficient (Wildman–Crippen LogP) is -2.65. The maximum absolute atomic E-state index is 14.2. The number of allylic oxidation sites excluding steroid dienone is 3. The number of hydrogen-bond donors (Lipinski definition) is 14. The lowest BCUT2D eigenvalue weighted by molar-refractivity contribution is -0.400. The fourth-order valence-electron chi connectivity index (χ4n) is 17.2. The van der Waals surface area contributed by atoms with Crippen molar-refractivity contribution in [3.05, 3.63) is 23.3 Å². The average Bonchev–Trinajstić information content (AvgIpc) is 0.673. The third-order valence-corrected chi connectivity index (χ3v) is 22.6. The van der Waals surface area contributed by atoms with E-state index in [1.807, 2.05) is 13.8 Å². The van der Waals surface area contributed by atoms with Gasteiger partial charge in [0.15, 0.2) is 31.3 Å². The average molecular weight is 1260 g/mol. The number of aldehydes is 1. The molecule has 4 saturated heterocycles. The van der Waals surface area contributed by atoms with Gasteiger partial charge in [-0.1, -0.05) is 59.3 Å². The first-order valence-electron chi connectivity index (χ1n) is 30.4. The van der Waals surface area contributed by atoms with Crippen LogP contribution in [0.3, 0.4) is 0 Å². The largest absolute Gasteiger partial charge is 0.479 e. The summed E-state index contributed by atoms with van der Waals surface area (Å²) in [7, 11) is 0. The first-order chi connectivity index (χ1) is 41.2. The quantitative estimate of drug-likeness (QED) is 0.0247. The van der Waals surface area contributed by atoms with Crippen molar-refractivity contribution < 1.29 is 138 Å². The molecule has 31 atom stereocenters. The van der Waals surface area contributed by atoms with Crippen molar-refractivity contribution in [2.24, 2.45) is 50.2 Å². The molecule has 8 fully saturated rings. The van der Waals surface area contributed by atoms with Gasteiger partial charge in [0.1, 0.15) is 111 Å². The predicted molar refractivity (Wildman–Crippen MR) is 295 cm³/mol. The van der Waals surface area contributed by atoms with Gasteiger partial charge in [-0.05, 0) is 92.8 Å². The van der Waals surface area contributed by atoms with Gasteiger partial charge in [0.25, 0.3) is 0 Å². The number of rotatable bonds is 16. The van der Waals surface area contributed by atoms with Crippen molar-refractivity contribution >= 4 is 24.2 Å². The number of carbonyl (C=O) groups is 4. The molecule has 14 N–H and O–H groups in total. The number of aliphatic carboxylic acids is 1. The molecule has 5 aliphatic carbocycles. The summed E-state index contributed by atoms with van der Waals surface area (Å²) in [6.07, 6.45) is -35.7. The third kappa shape index (κ3) is 11.3. The molecule has 0 amide bonds. The molecule has 4 saturated carbocycles. The molecule has 9 aliphatic rings. The van der Waals surface area contributed by atoms with Crippen LogP contribution in [0.25, 0.3) is 0 Å². The van der Waals surface area contributed by atoms with Crippen LogP contribution in [-0.4, -0.2) is 263 Å². The van der Waals surface area contributed by atoms with Crippen LogP contribution >= 0.6 is 0 Å². The molecule has 0 aromatic heterocycles. The smallest absolute Gasteiger partial charge is 0.335 e. The summed E-state index contributed by atoms with van der Waals surface area (Å²) >= 11 is 0. The maximum atomic E-state index is 14.2. The minimum atomic E-state index is -2.32. The monoisotopic (exact) mass is 1260 g/mol. The molecule has 4 aliphatic heterocycles. The molecule has 0 radical (unpaired) electrons. The number of carboxylic acids is 1. The van der Waals surface area contributed by atoms with Crippen molar-refractivity contribution in [1.82, 2.24) is 0 Å². The highest BCUT2D eigenvalue weighted by Gasteiger charge is 2.74. The second-order valence-corrected chi connectivity index (χ2v) is 27.8. The van der Waals surface area contributed by atoms with Crippen molar-refractivity contribution in [2.75, 3.05) is 26.4 Å². The van der Waals surface area contributed by atoms with E-state index in [0.717, 1.165) is 11.9 Å². The molecular formula is C60H92O28. The highest BCUT2D eigenvalue weighted by Crippen LogP contribution is 2.76. The molecule has 0 aromatic rings. The van der Waals surface area contributed by atoms with Gasteiger partial charge in [-0.3, -0.25) is 4.79 Å². The number of esters is 2.